The Balaban J connectivity index is 1.85. The molecular weight excluding hydrogens is 394 g/mol. The van der Waals surface area contributed by atoms with Crippen LogP contribution in [0.15, 0.2) is 59.9 Å². The fourth-order valence-corrected chi connectivity index (χ4v) is 3.17. The van der Waals surface area contributed by atoms with Gasteiger partial charge in [0.25, 0.3) is 5.56 Å². The van der Waals surface area contributed by atoms with Crippen LogP contribution in [0.5, 0.6) is 11.6 Å². The van der Waals surface area contributed by atoms with Crippen molar-refractivity contribution in [1.29, 1.82) is 0 Å². The molecule has 0 spiro atoms. The van der Waals surface area contributed by atoms with Crippen LogP contribution in [0, 0.1) is 5.82 Å². The third-order valence-corrected chi connectivity index (χ3v) is 4.34. The Hall–Kier alpha value is -3.03. The zero-order chi connectivity index (χ0) is 19.0. The Morgan fingerprint density at radius 2 is 1.81 bits per heavy atom. The average Bonchev–Trinajstić information content (AvgIpc) is 2.63. The van der Waals surface area contributed by atoms with E-state index in [0.717, 1.165) is 6.20 Å². The fourth-order valence-electron chi connectivity index (χ4n) is 2.58. The molecule has 0 aliphatic rings. The van der Waals surface area contributed by atoms with Gasteiger partial charge in [0.1, 0.15) is 12.1 Å². The van der Waals surface area contributed by atoms with E-state index < -0.39 is 11.4 Å². The highest BCUT2D eigenvalue weighted by Crippen LogP contribution is 2.34. The molecule has 0 saturated heterocycles. The van der Waals surface area contributed by atoms with Crippen LogP contribution in [-0.4, -0.2) is 19.6 Å². The first-order valence-corrected chi connectivity index (χ1v) is 8.40. The molecule has 6 nitrogen and oxygen atoms in total. The SMILES string of the molecule is O=c1ncn2nc(Oc3cncc(F)c3)ccc2c1-c1c(Cl)cccc1Cl. The third-order valence-electron chi connectivity index (χ3n) is 3.71. The Kier molecular flexibility index (Phi) is 4.47. The Labute approximate surface area is 161 Å². The van der Waals surface area contributed by atoms with Crippen molar-refractivity contribution < 1.29 is 9.13 Å². The standard InChI is InChI=1S/C18H9Cl2FN4O2/c19-12-2-1-3-13(20)16(12)17-14-4-5-15(24-25(14)9-23-18(17)26)27-11-6-10(21)7-22-8-11/h1-9H. The Morgan fingerprint density at radius 1 is 1.04 bits per heavy atom. The molecule has 3 heterocycles. The number of rotatable bonds is 3. The molecule has 9 heteroatoms. The Bertz CT molecular complexity index is 1210. The molecule has 0 saturated carbocycles. The maximum absolute atomic E-state index is 13.2. The lowest BCUT2D eigenvalue weighted by Gasteiger charge is -2.11. The molecule has 4 rings (SSSR count). The van der Waals surface area contributed by atoms with Crippen molar-refractivity contribution in [2.75, 3.05) is 0 Å². The van der Waals surface area contributed by atoms with E-state index in [1.165, 1.54) is 29.2 Å². The van der Waals surface area contributed by atoms with E-state index in [-0.39, 0.29) is 17.2 Å². The summed E-state index contributed by atoms with van der Waals surface area (Å²) in [4.78, 5) is 19.9. The summed E-state index contributed by atoms with van der Waals surface area (Å²) >= 11 is 12.5. The monoisotopic (exact) mass is 402 g/mol. The van der Waals surface area contributed by atoms with E-state index >= 15 is 0 Å². The summed E-state index contributed by atoms with van der Waals surface area (Å²) < 4.78 is 20.1. The van der Waals surface area contributed by atoms with Crippen molar-refractivity contribution in [3.63, 3.8) is 0 Å². The second-order valence-electron chi connectivity index (χ2n) is 5.46. The molecule has 0 amide bonds. The predicted molar refractivity (Wildman–Crippen MR) is 99.0 cm³/mol. The highest BCUT2D eigenvalue weighted by molar-refractivity contribution is 6.39. The normalized spacial score (nSPS) is 10.9. The average molecular weight is 403 g/mol. The van der Waals surface area contributed by atoms with Gasteiger partial charge in [0.05, 0.1) is 33.5 Å². The van der Waals surface area contributed by atoms with Crippen molar-refractivity contribution in [3.8, 4) is 22.8 Å². The third kappa shape index (κ3) is 3.34. The van der Waals surface area contributed by atoms with Gasteiger partial charge in [-0.05, 0) is 18.2 Å². The van der Waals surface area contributed by atoms with Crippen molar-refractivity contribution in [3.05, 3.63) is 81.3 Å². The zero-order valence-corrected chi connectivity index (χ0v) is 14.9. The number of hydrogen-bond donors (Lipinski definition) is 0. The van der Waals surface area contributed by atoms with Crippen LogP contribution < -0.4 is 10.3 Å². The minimum Gasteiger partial charge on any atom is -0.436 e. The topological polar surface area (TPSA) is 69.4 Å². The quantitative estimate of drug-likeness (QED) is 0.508. The minimum absolute atomic E-state index is 0.163. The first-order chi connectivity index (χ1) is 13.0. The van der Waals surface area contributed by atoms with E-state index in [1.807, 2.05) is 0 Å². The van der Waals surface area contributed by atoms with Gasteiger partial charge in [-0.3, -0.25) is 9.78 Å². The number of benzene rings is 1. The fraction of sp³-hybridized carbons (Fsp3) is 0. The van der Waals surface area contributed by atoms with Gasteiger partial charge in [0.15, 0.2) is 5.75 Å². The number of hydrogen-bond acceptors (Lipinski definition) is 5. The molecule has 0 N–H and O–H groups in total. The maximum atomic E-state index is 13.2. The molecule has 0 unspecified atom stereocenters. The summed E-state index contributed by atoms with van der Waals surface area (Å²) in [6, 6.07) is 9.28. The summed E-state index contributed by atoms with van der Waals surface area (Å²) in [5.41, 5.74) is 0.547. The summed E-state index contributed by atoms with van der Waals surface area (Å²) in [5, 5.41) is 4.88. The number of ether oxygens (including phenoxy) is 1. The molecule has 0 atom stereocenters. The molecule has 0 aliphatic carbocycles. The molecule has 4 aromatic rings. The van der Waals surface area contributed by atoms with Crippen molar-refractivity contribution in [1.82, 2.24) is 19.6 Å². The van der Waals surface area contributed by atoms with Gasteiger partial charge in [-0.2, -0.15) is 4.98 Å². The van der Waals surface area contributed by atoms with E-state index in [2.05, 4.69) is 15.1 Å². The lowest BCUT2D eigenvalue weighted by Crippen LogP contribution is -2.14. The largest absolute Gasteiger partial charge is 0.436 e. The van der Waals surface area contributed by atoms with E-state index in [1.54, 1.807) is 24.3 Å². The van der Waals surface area contributed by atoms with Crippen LogP contribution >= 0.6 is 23.2 Å². The van der Waals surface area contributed by atoms with Crippen LogP contribution in [0.4, 0.5) is 4.39 Å². The van der Waals surface area contributed by atoms with Gasteiger partial charge in [-0.25, -0.2) is 8.91 Å². The molecule has 134 valence electrons. The number of halogens is 3. The highest BCUT2D eigenvalue weighted by Gasteiger charge is 2.17. The summed E-state index contributed by atoms with van der Waals surface area (Å²) in [5.74, 6) is -0.184. The van der Waals surface area contributed by atoms with E-state index in [0.29, 0.717) is 21.1 Å². The van der Waals surface area contributed by atoms with Crippen LogP contribution in [0.2, 0.25) is 10.0 Å². The highest BCUT2D eigenvalue weighted by atomic mass is 35.5. The molecule has 0 radical (unpaired) electrons. The van der Waals surface area contributed by atoms with Gasteiger partial charge in [-0.1, -0.05) is 29.3 Å². The lowest BCUT2D eigenvalue weighted by atomic mass is 10.1. The second kappa shape index (κ2) is 6.94. The van der Waals surface area contributed by atoms with Crippen molar-refractivity contribution >= 4 is 28.7 Å². The maximum Gasteiger partial charge on any atom is 0.281 e. The summed E-state index contributed by atoms with van der Waals surface area (Å²) in [6.45, 7) is 0. The molecule has 27 heavy (non-hydrogen) atoms. The van der Waals surface area contributed by atoms with Crippen LogP contribution in [0.3, 0.4) is 0 Å². The smallest absolute Gasteiger partial charge is 0.281 e. The number of fused-ring (bicyclic) bond motifs is 1. The molecule has 1 aromatic carbocycles. The minimum atomic E-state index is -0.533. The van der Waals surface area contributed by atoms with Gasteiger partial charge in [0.2, 0.25) is 5.88 Å². The van der Waals surface area contributed by atoms with Gasteiger partial charge >= 0.3 is 0 Å². The van der Waals surface area contributed by atoms with Crippen LogP contribution in [0.25, 0.3) is 16.6 Å². The number of aromatic nitrogens is 4. The summed E-state index contributed by atoms with van der Waals surface area (Å²) in [7, 11) is 0. The van der Waals surface area contributed by atoms with Gasteiger partial charge in [0, 0.05) is 17.7 Å². The van der Waals surface area contributed by atoms with Crippen LogP contribution in [0.1, 0.15) is 0 Å². The zero-order valence-electron chi connectivity index (χ0n) is 13.4. The predicted octanol–water partition coefficient (Wildman–Crippen LogP) is 4.39. The summed E-state index contributed by atoms with van der Waals surface area (Å²) in [6.07, 6.45) is 3.67. The molecular formula is C18H9Cl2FN4O2. The first-order valence-electron chi connectivity index (χ1n) is 7.64. The van der Waals surface area contributed by atoms with Gasteiger partial charge in [-0.15, -0.1) is 5.10 Å². The van der Waals surface area contributed by atoms with E-state index in [9.17, 15) is 9.18 Å². The van der Waals surface area contributed by atoms with Crippen molar-refractivity contribution in [2.24, 2.45) is 0 Å². The molecule has 3 aromatic heterocycles. The lowest BCUT2D eigenvalue weighted by molar-refractivity contribution is 0.445. The van der Waals surface area contributed by atoms with E-state index in [4.69, 9.17) is 27.9 Å². The molecule has 0 bridgehead atoms. The number of nitrogens with zero attached hydrogens (tertiary/aromatic N) is 4. The second-order valence-corrected chi connectivity index (χ2v) is 6.28. The Morgan fingerprint density at radius 3 is 2.56 bits per heavy atom. The van der Waals surface area contributed by atoms with Gasteiger partial charge < -0.3 is 4.74 Å². The molecule has 0 fully saturated rings. The first kappa shape index (κ1) is 17.4. The van der Waals surface area contributed by atoms with Crippen molar-refractivity contribution in [2.45, 2.75) is 0 Å². The number of pyridine rings is 1. The van der Waals surface area contributed by atoms with Crippen LogP contribution in [-0.2, 0) is 0 Å². The molecule has 0 aliphatic heterocycles.